The van der Waals surface area contributed by atoms with E-state index in [0.29, 0.717) is 5.92 Å². The summed E-state index contributed by atoms with van der Waals surface area (Å²) in [6.45, 7) is 8.75. The Morgan fingerprint density at radius 3 is 2.52 bits per heavy atom. The van der Waals surface area contributed by atoms with Crippen LogP contribution in [0.4, 0.5) is 0 Å². The second-order valence-corrected chi connectivity index (χ2v) is 7.05. The molecule has 0 radical (unpaired) electrons. The molecule has 114 valence electrons. The predicted octanol–water partition coefficient (Wildman–Crippen LogP) is 4.63. The highest BCUT2D eigenvalue weighted by atomic mass is 32.1. The molecule has 0 bridgehead atoms. The molecule has 1 nitrogen and oxygen atoms in total. The maximum absolute atomic E-state index is 3.53. The molecule has 0 amide bonds. The van der Waals surface area contributed by atoms with Crippen molar-refractivity contribution in [1.82, 2.24) is 5.32 Å². The number of rotatable bonds is 8. The monoisotopic (exact) mass is 301 g/mol. The molecule has 1 aromatic heterocycles. The standard InChI is InChI=1S/C19H27NS/c1-4-18-9-10-19(21-18)13-17(14-20-5-2)12-16-8-6-7-15(3)11-16/h6-11,17,20H,4-5,12-14H2,1-3H3. The van der Waals surface area contributed by atoms with Crippen LogP contribution in [-0.2, 0) is 19.3 Å². The smallest absolute Gasteiger partial charge is 0.00515 e. The fourth-order valence-corrected chi connectivity index (χ4v) is 3.82. The Labute approximate surface area is 133 Å². The van der Waals surface area contributed by atoms with Crippen LogP contribution in [-0.4, -0.2) is 13.1 Å². The van der Waals surface area contributed by atoms with Gasteiger partial charge in [-0.2, -0.15) is 0 Å². The first-order chi connectivity index (χ1) is 10.2. The second kappa shape index (κ2) is 8.35. The molecule has 1 unspecified atom stereocenters. The minimum atomic E-state index is 0.676. The minimum absolute atomic E-state index is 0.676. The molecule has 1 aromatic carbocycles. The Hall–Kier alpha value is -1.12. The van der Waals surface area contributed by atoms with Crippen molar-refractivity contribution in [2.75, 3.05) is 13.1 Å². The van der Waals surface area contributed by atoms with E-state index in [9.17, 15) is 0 Å². The minimum Gasteiger partial charge on any atom is -0.317 e. The predicted molar refractivity (Wildman–Crippen MR) is 94.3 cm³/mol. The first kappa shape index (κ1) is 16.3. The van der Waals surface area contributed by atoms with E-state index in [-0.39, 0.29) is 0 Å². The Morgan fingerprint density at radius 2 is 1.86 bits per heavy atom. The molecule has 0 saturated heterocycles. The topological polar surface area (TPSA) is 12.0 Å². The molecule has 1 atom stereocenters. The molecule has 0 aliphatic heterocycles. The summed E-state index contributed by atoms with van der Waals surface area (Å²) in [6.07, 6.45) is 3.50. The molecule has 1 N–H and O–H groups in total. The van der Waals surface area contributed by atoms with E-state index in [0.717, 1.165) is 25.9 Å². The number of hydrogen-bond acceptors (Lipinski definition) is 2. The van der Waals surface area contributed by atoms with E-state index in [1.165, 1.54) is 27.3 Å². The van der Waals surface area contributed by atoms with Crippen molar-refractivity contribution in [3.63, 3.8) is 0 Å². The van der Waals surface area contributed by atoms with Crippen molar-refractivity contribution in [2.24, 2.45) is 5.92 Å². The number of hydrogen-bond donors (Lipinski definition) is 1. The summed E-state index contributed by atoms with van der Waals surface area (Å²) in [5.41, 5.74) is 2.82. The van der Waals surface area contributed by atoms with Gasteiger partial charge in [-0.15, -0.1) is 11.3 Å². The molecule has 0 saturated carbocycles. The lowest BCUT2D eigenvalue weighted by molar-refractivity contribution is 0.481. The van der Waals surface area contributed by atoms with Gasteiger partial charge in [0, 0.05) is 9.75 Å². The number of aryl methyl sites for hydroxylation is 2. The largest absolute Gasteiger partial charge is 0.317 e. The van der Waals surface area contributed by atoms with Gasteiger partial charge in [0.05, 0.1) is 0 Å². The maximum atomic E-state index is 3.53. The van der Waals surface area contributed by atoms with E-state index < -0.39 is 0 Å². The zero-order valence-electron chi connectivity index (χ0n) is 13.5. The van der Waals surface area contributed by atoms with E-state index in [4.69, 9.17) is 0 Å². The molecule has 21 heavy (non-hydrogen) atoms. The van der Waals surface area contributed by atoms with Gasteiger partial charge in [-0.05, 0) is 62.9 Å². The van der Waals surface area contributed by atoms with Gasteiger partial charge < -0.3 is 5.32 Å². The normalized spacial score (nSPS) is 12.5. The van der Waals surface area contributed by atoms with Crippen LogP contribution in [0.1, 0.15) is 34.7 Å². The first-order valence-electron chi connectivity index (χ1n) is 8.05. The fourth-order valence-electron chi connectivity index (χ4n) is 2.74. The summed E-state index contributed by atoms with van der Waals surface area (Å²) in [7, 11) is 0. The van der Waals surface area contributed by atoms with E-state index in [2.05, 4.69) is 62.5 Å². The van der Waals surface area contributed by atoms with Gasteiger partial charge in [-0.25, -0.2) is 0 Å². The van der Waals surface area contributed by atoms with Crippen molar-refractivity contribution in [1.29, 1.82) is 0 Å². The van der Waals surface area contributed by atoms with Crippen molar-refractivity contribution >= 4 is 11.3 Å². The van der Waals surface area contributed by atoms with Crippen LogP contribution in [0.25, 0.3) is 0 Å². The average Bonchev–Trinajstić information content (AvgIpc) is 2.92. The lowest BCUT2D eigenvalue weighted by Gasteiger charge is -2.17. The lowest BCUT2D eigenvalue weighted by Crippen LogP contribution is -2.25. The molecular formula is C19H27NS. The molecule has 1 heterocycles. The van der Waals surface area contributed by atoms with Crippen LogP contribution in [0.3, 0.4) is 0 Å². The fraction of sp³-hybridized carbons (Fsp3) is 0.474. The van der Waals surface area contributed by atoms with Gasteiger partial charge in [-0.3, -0.25) is 0 Å². The van der Waals surface area contributed by atoms with Crippen molar-refractivity contribution in [3.05, 3.63) is 57.3 Å². The first-order valence-corrected chi connectivity index (χ1v) is 8.86. The quantitative estimate of drug-likeness (QED) is 0.749. The number of thiophene rings is 1. The molecule has 0 fully saturated rings. The molecule has 2 aromatic rings. The van der Waals surface area contributed by atoms with Gasteiger partial charge in [0.15, 0.2) is 0 Å². The van der Waals surface area contributed by atoms with Crippen LogP contribution in [0.2, 0.25) is 0 Å². The molecule has 0 spiro atoms. The molecule has 2 rings (SSSR count). The van der Waals surface area contributed by atoms with Crippen molar-refractivity contribution in [2.45, 2.75) is 40.0 Å². The highest BCUT2D eigenvalue weighted by molar-refractivity contribution is 7.11. The van der Waals surface area contributed by atoms with E-state index >= 15 is 0 Å². The molecule has 2 heteroatoms. The van der Waals surface area contributed by atoms with Crippen LogP contribution < -0.4 is 5.32 Å². The summed E-state index contributed by atoms with van der Waals surface area (Å²) in [5.74, 6) is 0.676. The average molecular weight is 301 g/mol. The Balaban J connectivity index is 2.03. The van der Waals surface area contributed by atoms with Gasteiger partial charge in [0.25, 0.3) is 0 Å². The van der Waals surface area contributed by atoms with E-state index in [1.54, 1.807) is 0 Å². The lowest BCUT2D eigenvalue weighted by atomic mass is 9.94. The second-order valence-electron chi connectivity index (χ2n) is 5.79. The van der Waals surface area contributed by atoms with Gasteiger partial charge in [0.2, 0.25) is 0 Å². The summed E-state index contributed by atoms with van der Waals surface area (Å²) < 4.78 is 0. The van der Waals surface area contributed by atoms with Gasteiger partial charge >= 0.3 is 0 Å². The van der Waals surface area contributed by atoms with Gasteiger partial charge in [-0.1, -0.05) is 43.7 Å². The highest BCUT2D eigenvalue weighted by Crippen LogP contribution is 2.22. The summed E-state index contributed by atoms with van der Waals surface area (Å²) in [4.78, 5) is 3.03. The molecular weight excluding hydrogens is 274 g/mol. The summed E-state index contributed by atoms with van der Waals surface area (Å²) >= 11 is 1.98. The SMILES string of the molecule is CCNCC(Cc1cccc(C)c1)Cc1ccc(CC)s1. The Morgan fingerprint density at radius 1 is 1.05 bits per heavy atom. The number of nitrogens with one attached hydrogen (secondary N) is 1. The highest BCUT2D eigenvalue weighted by Gasteiger charge is 2.12. The van der Waals surface area contributed by atoms with E-state index in [1.807, 2.05) is 11.3 Å². The Bertz CT molecular complexity index is 544. The third-order valence-corrected chi connectivity index (χ3v) is 5.10. The Kier molecular flexibility index (Phi) is 6.47. The van der Waals surface area contributed by atoms with Crippen LogP contribution in [0, 0.1) is 12.8 Å². The van der Waals surface area contributed by atoms with Crippen LogP contribution in [0.5, 0.6) is 0 Å². The van der Waals surface area contributed by atoms with Crippen molar-refractivity contribution in [3.8, 4) is 0 Å². The third kappa shape index (κ3) is 5.29. The summed E-state index contributed by atoms with van der Waals surface area (Å²) in [6, 6.07) is 13.5. The summed E-state index contributed by atoms with van der Waals surface area (Å²) in [5, 5.41) is 3.53. The zero-order chi connectivity index (χ0) is 15.1. The number of benzene rings is 1. The van der Waals surface area contributed by atoms with Gasteiger partial charge in [0.1, 0.15) is 0 Å². The van der Waals surface area contributed by atoms with Crippen LogP contribution >= 0.6 is 11.3 Å². The maximum Gasteiger partial charge on any atom is 0.00515 e. The van der Waals surface area contributed by atoms with Crippen molar-refractivity contribution < 1.29 is 0 Å². The molecule has 0 aliphatic rings. The van der Waals surface area contributed by atoms with Crippen LogP contribution in [0.15, 0.2) is 36.4 Å². The molecule has 0 aliphatic carbocycles. The third-order valence-electron chi connectivity index (χ3n) is 3.85. The zero-order valence-corrected chi connectivity index (χ0v) is 14.3.